The summed E-state index contributed by atoms with van der Waals surface area (Å²) in [7, 11) is 1.78. The zero-order chi connectivity index (χ0) is 22.1. The quantitative estimate of drug-likeness (QED) is 0.527. The summed E-state index contributed by atoms with van der Waals surface area (Å²) >= 11 is 0. The van der Waals surface area contributed by atoms with Gasteiger partial charge in [-0.25, -0.2) is 9.59 Å². The molecule has 10 nitrogen and oxygen atoms in total. The van der Waals surface area contributed by atoms with Gasteiger partial charge in [0.05, 0.1) is 6.61 Å². The Labute approximate surface area is 180 Å². The number of ether oxygens (including phenoxy) is 2. The number of hydrogen-bond donors (Lipinski definition) is 1. The number of nitrogens with zero attached hydrogens (tertiary/aromatic N) is 5. The van der Waals surface area contributed by atoms with Crippen molar-refractivity contribution in [2.75, 3.05) is 79.1 Å². The van der Waals surface area contributed by atoms with Gasteiger partial charge in [-0.15, -0.1) is 0 Å². The number of guanidine groups is 1. The first kappa shape index (κ1) is 24.0. The fraction of sp³-hybridized carbons (Fsp3) is 0.850. The minimum absolute atomic E-state index is 0.234. The average molecular weight is 427 g/mol. The molecular formula is C20H38N6O4. The van der Waals surface area contributed by atoms with Gasteiger partial charge in [-0.2, -0.15) is 0 Å². The lowest BCUT2D eigenvalue weighted by Gasteiger charge is -2.37. The fourth-order valence-corrected chi connectivity index (χ4v) is 3.45. The summed E-state index contributed by atoms with van der Waals surface area (Å²) in [6.45, 7) is 15.3. The van der Waals surface area contributed by atoms with Crippen molar-refractivity contribution in [1.29, 1.82) is 0 Å². The molecule has 2 rings (SSSR count). The second-order valence-corrected chi connectivity index (χ2v) is 8.46. The summed E-state index contributed by atoms with van der Waals surface area (Å²) in [5.41, 5.74) is -0.462. The number of carbonyl (C=O) groups is 2. The van der Waals surface area contributed by atoms with Crippen molar-refractivity contribution < 1.29 is 19.1 Å². The zero-order valence-electron chi connectivity index (χ0n) is 19.1. The maximum Gasteiger partial charge on any atom is 0.410 e. The first-order valence-corrected chi connectivity index (χ1v) is 10.8. The first-order chi connectivity index (χ1) is 14.2. The SMILES string of the molecule is CCOC(=O)N1CCN(C(=NC)NCCN2CCN(C(=O)OC(C)(C)C)CC2)CC1. The minimum atomic E-state index is -0.462. The van der Waals surface area contributed by atoms with Gasteiger partial charge in [-0.3, -0.25) is 9.89 Å². The van der Waals surface area contributed by atoms with Gasteiger partial charge in [0.1, 0.15) is 5.60 Å². The third kappa shape index (κ3) is 7.55. The Morgan fingerprint density at radius 3 is 1.97 bits per heavy atom. The predicted octanol–water partition coefficient (Wildman–Crippen LogP) is 0.889. The van der Waals surface area contributed by atoms with E-state index in [1.54, 1.807) is 16.8 Å². The molecule has 2 fully saturated rings. The van der Waals surface area contributed by atoms with Crippen LogP contribution in [0.15, 0.2) is 4.99 Å². The second kappa shape index (κ2) is 11.2. The average Bonchev–Trinajstić information content (AvgIpc) is 2.71. The molecule has 172 valence electrons. The van der Waals surface area contributed by atoms with Crippen LogP contribution in [0.3, 0.4) is 0 Å². The lowest BCUT2D eigenvalue weighted by molar-refractivity contribution is 0.0147. The number of aliphatic imine (C=N–C) groups is 1. The van der Waals surface area contributed by atoms with Crippen molar-refractivity contribution in [3.63, 3.8) is 0 Å². The molecule has 0 aromatic rings. The normalized spacial score (nSPS) is 19.0. The third-order valence-corrected chi connectivity index (χ3v) is 5.05. The van der Waals surface area contributed by atoms with E-state index < -0.39 is 5.60 Å². The van der Waals surface area contributed by atoms with E-state index in [-0.39, 0.29) is 12.2 Å². The van der Waals surface area contributed by atoms with Gasteiger partial charge in [0.15, 0.2) is 5.96 Å². The van der Waals surface area contributed by atoms with Crippen LogP contribution in [0, 0.1) is 0 Å². The summed E-state index contributed by atoms with van der Waals surface area (Å²) in [6, 6.07) is 0. The molecule has 2 heterocycles. The molecule has 2 aliphatic rings. The third-order valence-electron chi connectivity index (χ3n) is 5.05. The van der Waals surface area contributed by atoms with E-state index in [0.29, 0.717) is 32.8 Å². The van der Waals surface area contributed by atoms with Crippen LogP contribution >= 0.6 is 0 Å². The van der Waals surface area contributed by atoms with Crippen molar-refractivity contribution >= 4 is 18.1 Å². The number of rotatable bonds is 4. The Morgan fingerprint density at radius 1 is 0.900 bits per heavy atom. The molecule has 0 saturated carbocycles. The molecule has 30 heavy (non-hydrogen) atoms. The van der Waals surface area contributed by atoms with Crippen LogP contribution in [0.2, 0.25) is 0 Å². The number of hydrogen-bond acceptors (Lipinski definition) is 6. The molecule has 0 bridgehead atoms. The molecule has 0 aromatic carbocycles. The summed E-state index contributed by atoms with van der Waals surface area (Å²) in [6.07, 6.45) is -0.478. The van der Waals surface area contributed by atoms with Crippen LogP contribution < -0.4 is 5.32 Å². The van der Waals surface area contributed by atoms with E-state index in [1.807, 2.05) is 27.7 Å². The van der Waals surface area contributed by atoms with Gasteiger partial charge in [-0.1, -0.05) is 0 Å². The Hall–Kier alpha value is -2.23. The standard InChI is InChI=1S/C20H38N6O4/c1-6-29-18(27)25-15-13-24(14-16-25)17(21-5)22-7-8-23-9-11-26(12-10-23)19(28)30-20(2,3)4/h6-16H2,1-5H3,(H,21,22). The Balaban J connectivity index is 1.66. The number of amides is 2. The summed E-state index contributed by atoms with van der Waals surface area (Å²) in [5, 5.41) is 3.42. The largest absolute Gasteiger partial charge is 0.450 e. The van der Waals surface area contributed by atoms with Crippen molar-refractivity contribution in [3.05, 3.63) is 0 Å². The molecule has 2 amide bonds. The molecule has 0 aromatic heterocycles. The molecule has 0 unspecified atom stereocenters. The van der Waals surface area contributed by atoms with Crippen LogP contribution in [0.1, 0.15) is 27.7 Å². The van der Waals surface area contributed by atoms with Crippen LogP contribution in [0.25, 0.3) is 0 Å². The number of carbonyl (C=O) groups excluding carboxylic acids is 2. The molecular weight excluding hydrogens is 388 g/mol. The smallest absolute Gasteiger partial charge is 0.410 e. The molecule has 1 N–H and O–H groups in total. The molecule has 0 radical (unpaired) electrons. The van der Waals surface area contributed by atoms with Gasteiger partial charge in [0, 0.05) is 72.5 Å². The summed E-state index contributed by atoms with van der Waals surface area (Å²) in [4.78, 5) is 36.4. The molecule has 0 aliphatic carbocycles. The van der Waals surface area contributed by atoms with Gasteiger partial charge >= 0.3 is 12.2 Å². The van der Waals surface area contributed by atoms with E-state index >= 15 is 0 Å². The number of piperazine rings is 2. The summed E-state index contributed by atoms with van der Waals surface area (Å²) in [5.74, 6) is 0.853. The Kier molecular flexibility index (Phi) is 9.01. The summed E-state index contributed by atoms with van der Waals surface area (Å²) < 4.78 is 10.5. The molecule has 10 heteroatoms. The molecule has 0 atom stereocenters. The zero-order valence-corrected chi connectivity index (χ0v) is 19.1. The van der Waals surface area contributed by atoms with E-state index in [0.717, 1.165) is 45.2 Å². The van der Waals surface area contributed by atoms with E-state index in [4.69, 9.17) is 9.47 Å². The predicted molar refractivity (Wildman–Crippen MR) is 116 cm³/mol. The van der Waals surface area contributed by atoms with Crippen molar-refractivity contribution in [3.8, 4) is 0 Å². The fourth-order valence-electron chi connectivity index (χ4n) is 3.45. The molecule has 2 aliphatic heterocycles. The van der Waals surface area contributed by atoms with Crippen LogP contribution in [0.5, 0.6) is 0 Å². The minimum Gasteiger partial charge on any atom is -0.450 e. The van der Waals surface area contributed by atoms with Crippen molar-refractivity contribution in [2.45, 2.75) is 33.3 Å². The van der Waals surface area contributed by atoms with E-state index in [2.05, 4.69) is 20.1 Å². The lowest BCUT2D eigenvalue weighted by atomic mass is 10.2. The first-order valence-electron chi connectivity index (χ1n) is 10.8. The highest BCUT2D eigenvalue weighted by Gasteiger charge is 2.26. The maximum absolute atomic E-state index is 12.2. The van der Waals surface area contributed by atoms with Crippen LogP contribution in [-0.4, -0.2) is 122 Å². The van der Waals surface area contributed by atoms with Gasteiger partial charge < -0.3 is 29.5 Å². The van der Waals surface area contributed by atoms with E-state index in [1.165, 1.54) is 0 Å². The van der Waals surface area contributed by atoms with Crippen molar-refractivity contribution in [1.82, 2.24) is 24.9 Å². The lowest BCUT2D eigenvalue weighted by Crippen LogP contribution is -2.55. The topological polar surface area (TPSA) is 90.0 Å². The maximum atomic E-state index is 12.2. The second-order valence-electron chi connectivity index (χ2n) is 8.46. The van der Waals surface area contributed by atoms with Gasteiger partial charge in [0.2, 0.25) is 0 Å². The van der Waals surface area contributed by atoms with Gasteiger partial charge in [-0.05, 0) is 27.7 Å². The van der Waals surface area contributed by atoms with Crippen molar-refractivity contribution in [2.24, 2.45) is 4.99 Å². The van der Waals surface area contributed by atoms with Crippen LogP contribution in [-0.2, 0) is 9.47 Å². The highest BCUT2D eigenvalue weighted by Crippen LogP contribution is 2.11. The highest BCUT2D eigenvalue weighted by molar-refractivity contribution is 5.80. The molecule has 0 spiro atoms. The number of nitrogens with one attached hydrogen (secondary N) is 1. The van der Waals surface area contributed by atoms with E-state index in [9.17, 15) is 9.59 Å². The molecule has 2 saturated heterocycles. The van der Waals surface area contributed by atoms with Crippen LogP contribution in [0.4, 0.5) is 9.59 Å². The Morgan fingerprint density at radius 2 is 1.43 bits per heavy atom. The van der Waals surface area contributed by atoms with Gasteiger partial charge in [0.25, 0.3) is 0 Å². The monoisotopic (exact) mass is 426 g/mol. The Bertz CT molecular complexity index is 591. The highest BCUT2D eigenvalue weighted by atomic mass is 16.6.